The molecule has 1 aliphatic heterocycles. The van der Waals surface area contributed by atoms with Crippen LogP contribution in [-0.2, 0) is 0 Å². The van der Waals surface area contributed by atoms with E-state index in [1.165, 1.54) is 12.8 Å². The van der Waals surface area contributed by atoms with Crippen LogP contribution < -0.4 is 0 Å². The van der Waals surface area contributed by atoms with E-state index >= 15 is 0 Å². The zero-order valence-corrected chi connectivity index (χ0v) is 9.73. The zero-order valence-electron chi connectivity index (χ0n) is 8.97. The second kappa shape index (κ2) is 7.36. The molecule has 5 heteroatoms. The largest absolute Gasteiger partial charge is 0.302 e. The fourth-order valence-corrected chi connectivity index (χ4v) is 2.14. The zero-order chi connectivity index (χ0) is 11.1. The highest BCUT2D eigenvalue weighted by molar-refractivity contribution is 6.18. The first-order chi connectivity index (χ1) is 7.22. The molecular weight excluding hydrogens is 222 g/mol. The van der Waals surface area contributed by atoms with Crippen molar-refractivity contribution < 1.29 is 8.78 Å². The summed E-state index contributed by atoms with van der Waals surface area (Å²) < 4.78 is 24.4. The average Bonchev–Trinajstić information content (AvgIpc) is 2.66. The Balaban J connectivity index is 2.17. The number of halogens is 3. The molecule has 1 saturated heterocycles. The Labute approximate surface area is 95.2 Å². The Morgan fingerprint density at radius 3 is 2.40 bits per heavy atom. The van der Waals surface area contributed by atoms with E-state index in [0.29, 0.717) is 19.0 Å². The minimum absolute atomic E-state index is 0.152. The Hall–Kier alpha value is 0.0700. The van der Waals surface area contributed by atoms with Crippen LogP contribution in [-0.4, -0.2) is 61.4 Å². The summed E-state index contributed by atoms with van der Waals surface area (Å²) in [6.07, 6.45) is 0.223. The molecule has 0 aromatic rings. The Bertz CT molecular complexity index is 164. The summed E-state index contributed by atoms with van der Waals surface area (Å²) >= 11 is 5.57. The molecule has 1 rings (SSSR count). The molecule has 15 heavy (non-hydrogen) atoms. The van der Waals surface area contributed by atoms with Crippen molar-refractivity contribution in [1.29, 1.82) is 0 Å². The summed E-state index contributed by atoms with van der Waals surface area (Å²) in [6, 6.07) is 0. The molecule has 1 heterocycles. The third kappa shape index (κ3) is 5.64. The van der Waals surface area contributed by atoms with Crippen LogP contribution in [0.2, 0.25) is 0 Å². The SMILES string of the molecule is FC(F)CN(CCCl)CCN1CCCC1. The van der Waals surface area contributed by atoms with Gasteiger partial charge < -0.3 is 4.90 Å². The normalized spacial score (nSPS) is 18.2. The summed E-state index contributed by atoms with van der Waals surface area (Å²) in [4.78, 5) is 4.07. The number of hydrogen-bond donors (Lipinski definition) is 0. The molecule has 0 atom stereocenters. The van der Waals surface area contributed by atoms with Gasteiger partial charge in [0.1, 0.15) is 0 Å². The average molecular weight is 241 g/mol. The van der Waals surface area contributed by atoms with E-state index in [4.69, 9.17) is 11.6 Å². The summed E-state index contributed by atoms with van der Waals surface area (Å²) in [5.74, 6) is 0.423. The van der Waals surface area contributed by atoms with Gasteiger partial charge >= 0.3 is 0 Å². The molecule has 0 unspecified atom stereocenters. The molecule has 0 N–H and O–H groups in total. The fraction of sp³-hybridized carbons (Fsp3) is 1.00. The molecular formula is C10H19ClF2N2. The first-order valence-corrected chi connectivity index (χ1v) is 6.04. The van der Waals surface area contributed by atoms with Crippen molar-refractivity contribution in [2.75, 3.05) is 45.1 Å². The van der Waals surface area contributed by atoms with Gasteiger partial charge in [0.25, 0.3) is 6.43 Å². The van der Waals surface area contributed by atoms with Gasteiger partial charge in [-0.05, 0) is 25.9 Å². The molecule has 0 aliphatic carbocycles. The van der Waals surface area contributed by atoms with Gasteiger partial charge in [-0.25, -0.2) is 8.78 Å². The van der Waals surface area contributed by atoms with Crippen LogP contribution in [0.3, 0.4) is 0 Å². The van der Waals surface area contributed by atoms with Gasteiger partial charge in [-0.1, -0.05) is 0 Å². The number of hydrogen-bond acceptors (Lipinski definition) is 2. The van der Waals surface area contributed by atoms with E-state index in [1.54, 1.807) is 4.90 Å². The maximum atomic E-state index is 12.2. The first kappa shape index (κ1) is 13.1. The van der Waals surface area contributed by atoms with E-state index < -0.39 is 6.43 Å². The van der Waals surface area contributed by atoms with Crippen LogP contribution >= 0.6 is 11.6 Å². The van der Waals surface area contributed by atoms with Crippen LogP contribution in [0.4, 0.5) is 8.78 Å². The van der Waals surface area contributed by atoms with Crippen LogP contribution in [0.15, 0.2) is 0 Å². The Morgan fingerprint density at radius 1 is 1.20 bits per heavy atom. The van der Waals surface area contributed by atoms with E-state index in [2.05, 4.69) is 4.90 Å². The quantitative estimate of drug-likeness (QED) is 0.627. The summed E-state index contributed by atoms with van der Waals surface area (Å²) in [7, 11) is 0. The smallest absolute Gasteiger partial charge is 0.251 e. The van der Waals surface area contributed by atoms with Gasteiger partial charge in [0, 0.05) is 25.5 Å². The highest BCUT2D eigenvalue weighted by Gasteiger charge is 2.15. The van der Waals surface area contributed by atoms with Crippen LogP contribution in [0.5, 0.6) is 0 Å². The molecule has 0 saturated carbocycles. The second-order valence-electron chi connectivity index (χ2n) is 3.93. The monoisotopic (exact) mass is 240 g/mol. The highest BCUT2D eigenvalue weighted by atomic mass is 35.5. The lowest BCUT2D eigenvalue weighted by atomic mass is 10.4. The van der Waals surface area contributed by atoms with Gasteiger partial charge in [-0.15, -0.1) is 11.6 Å². The molecule has 0 amide bonds. The molecule has 1 fully saturated rings. The lowest BCUT2D eigenvalue weighted by molar-refractivity contribution is 0.0864. The lowest BCUT2D eigenvalue weighted by Gasteiger charge is -2.23. The van der Waals surface area contributed by atoms with Crippen molar-refractivity contribution in [2.24, 2.45) is 0 Å². The van der Waals surface area contributed by atoms with Gasteiger partial charge in [-0.3, -0.25) is 4.90 Å². The maximum Gasteiger partial charge on any atom is 0.251 e. The van der Waals surface area contributed by atoms with E-state index in [0.717, 1.165) is 19.6 Å². The standard InChI is InChI=1S/C10H19ClF2N2/c11-3-6-15(9-10(12)13)8-7-14-4-1-2-5-14/h10H,1-9H2. The highest BCUT2D eigenvalue weighted by Crippen LogP contribution is 2.07. The molecule has 1 aliphatic rings. The molecule has 2 nitrogen and oxygen atoms in total. The maximum absolute atomic E-state index is 12.2. The van der Waals surface area contributed by atoms with Gasteiger partial charge in [-0.2, -0.15) is 0 Å². The van der Waals surface area contributed by atoms with Crippen LogP contribution in [0.1, 0.15) is 12.8 Å². The molecule has 90 valence electrons. The first-order valence-electron chi connectivity index (χ1n) is 5.51. The topological polar surface area (TPSA) is 6.48 Å². The number of rotatable bonds is 7. The predicted octanol–water partition coefficient (Wildman–Crippen LogP) is 1.89. The minimum Gasteiger partial charge on any atom is -0.302 e. The summed E-state index contributed by atoms with van der Waals surface area (Å²) in [5.41, 5.74) is 0. The van der Waals surface area contributed by atoms with Crippen molar-refractivity contribution in [3.8, 4) is 0 Å². The minimum atomic E-state index is -2.26. The van der Waals surface area contributed by atoms with Gasteiger partial charge in [0.2, 0.25) is 0 Å². The number of nitrogens with zero attached hydrogens (tertiary/aromatic N) is 2. The van der Waals surface area contributed by atoms with E-state index in [9.17, 15) is 8.78 Å². The van der Waals surface area contributed by atoms with Crippen molar-refractivity contribution >= 4 is 11.6 Å². The van der Waals surface area contributed by atoms with E-state index in [-0.39, 0.29) is 6.54 Å². The van der Waals surface area contributed by atoms with Crippen LogP contribution in [0, 0.1) is 0 Å². The second-order valence-corrected chi connectivity index (χ2v) is 4.31. The summed E-state index contributed by atoms with van der Waals surface area (Å²) in [6.45, 7) is 4.23. The van der Waals surface area contributed by atoms with E-state index in [1.807, 2.05) is 0 Å². The fourth-order valence-electron chi connectivity index (χ4n) is 1.90. The van der Waals surface area contributed by atoms with Crippen molar-refractivity contribution in [2.45, 2.75) is 19.3 Å². The van der Waals surface area contributed by atoms with Crippen molar-refractivity contribution in [1.82, 2.24) is 9.80 Å². The third-order valence-corrected chi connectivity index (χ3v) is 2.90. The number of alkyl halides is 3. The van der Waals surface area contributed by atoms with Gasteiger partial charge in [0.05, 0.1) is 6.54 Å². The molecule has 0 bridgehead atoms. The van der Waals surface area contributed by atoms with Crippen molar-refractivity contribution in [3.05, 3.63) is 0 Å². The van der Waals surface area contributed by atoms with Gasteiger partial charge in [0.15, 0.2) is 0 Å². The molecule has 0 aromatic heterocycles. The summed E-state index contributed by atoms with van der Waals surface area (Å²) in [5, 5.41) is 0. The third-order valence-electron chi connectivity index (χ3n) is 2.73. The Morgan fingerprint density at radius 2 is 1.87 bits per heavy atom. The Kier molecular flexibility index (Phi) is 6.45. The molecule has 0 spiro atoms. The predicted molar refractivity (Wildman–Crippen MR) is 58.8 cm³/mol. The molecule has 0 radical (unpaired) electrons. The number of likely N-dealkylation sites (tertiary alicyclic amines) is 1. The molecule has 0 aromatic carbocycles. The lowest BCUT2D eigenvalue weighted by Crippen LogP contribution is -2.37. The van der Waals surface area contributed by atoms with Crippen molar-refractivity contribution in [3.63, 3.8) is 0 Å². The van der Waals surface area contributed by atoms with Crippen LogP contribution in [0.25, 0.3) is 0 Å².